The number of benzene rings is 2. The zero-order chi connectivity index (χ0) is 33.7. The molecule has 1 aliphatic rings. The molecule has 2 aromatic heterocycles. The number of hydrogen-bond acceptors (Lipinski definition) is 12. The molecule has 17 nitrogen and oxygen atoms in total. The van der Waals surface area contributed by atoms with Gasteiger partial charge in [-0.3, -0.25) is 19.6 Å². The number of aromatic nitrogens is 4. The van der Waals surface area contributed by atoms with Gasteiger partial charge in [0.1, 0.15) is 17.9 Å². The van der Waals surface area contributed by atoms with Gasteiger partial charge in [0.25, 0.3) is 17.4 Å². The number of fused-ring (bicyclic) bond motifs is 1. The molecule has 0 radical (unpaired) electrons. The average molecular weight is 654 g/mol. The molecular weight excluding hydrogens is 618 g/mol. The largest absolute Gasteiger partial charge is 0.477 e. The molecule has 1 aliphatic heterocycles. The van der Waals surface area contributed by atoms with Crippen LogP contribution in [0.3, 0.4) is 0 Å². The van der Waals surface area contributed by atoms with Crippen molar-refractivity contribution in [2.24, 2.45) is 5.73 Å². The van der Waals surface area contributed by atoms with Crippen molar-refractivity contribution in [3.8, 4) is 0 Å². The molecule has 17 heteroatoms. The second kappa shape index (κ2) is 14.3. The molecule has 6 atom stereocenters. The minimum Gasteiger partial charge on any atom is -0.477 e. The molecule has 4 aromatic rings. The molecule has 47 heavy (non-hydrogen) atoms. The van der Waals surface area contributed by atoms with Gasteiger partial charge in [-0.1, -0.05) is 23.4 Å². The van der Waals surface area contributed by atoms with Crippen molar-refractivity contribution in [3.63, 3.8) is 0 Å². The van der Waals surface area contributed by atoms with Crippen LogP contribution in [0.15, 0.2) is 60.9 Å². The van der Waals surface area contributed by atoms with Crippen molar-refractivity contribution >= 4 is 28.5 Å². The number of carbonyl (C=O) groups excluding carboxylic acids is 1. The number of aryl methyl sites for hydroxylation is 2. The Morgan fingerprint density at radius 3 is 2.74 bits per heavy atom. The van der Waals surface area contributed by atoms with Gasteiger partial charge in [-0.2, -0.15) is 0 Å². The summed E-state index contributed by atoms with van der Waals surface area (Å²) >= 11 is 0. The monoisotopic (exact) mass is 653 g/mol. The first-order valence-corrected chi connectivity index (χ1v) is 14.8. The number of carboxylic acids is 1. The molecule has 6 unspecified atom stereocenters. The lowest BCUT2D eigenvalue weighted by atomic mass is 9.89. The zero-order valence-corrected chi connectivity index (χ0v) is 25.0. The van der Waals surface area contributed by atoms with Crippen molar-refractivity contribution in [2.75, 3.05) is 6.54 Å². The van der Waals surface area contributed by atoms with Crippen LogP contribution >= 0.6 is 0 Å². The Morgan fingerprint density at radius 2 is 2.02 bits per heavy atom. The highest BCUT2D eigenvalue weighted by atomic mass is 16.7. The van der Waals surface area contributed by atoms with Crippen LogP contribution in [-0.4, -0.2) is 100.0 Å². The lowest BCUT2D eigenvalue weighted by molar-refractivity contribution is -0.384. The van der Waals surface area contributed by atoms with Gasteiger partial charge >= 0.3 is 5.97 Å². The third-order valence-corrected chi connectivity index (χ3v) is 8.03. The standard InChI is InChI=1S/C30H35N7O10/c31-25-23(38)12-30(29(42)43,47-27(25)26(40)24(39)14-33-28(41)17-5-2-1-3-6-17)46-16-19-15-36(35-34-19)10-4-7-18-13-32-22-9-8-20(37(44)45)11-21(18)22/h1-3,5-6,8-9,11,13,15,23-27,32,38-40H,4,7,10,12,14,16,31H2,(H,33,41)(H,42,43). The predicted octanol–water partition coefficient (Wildman–Crippen LogP) is 0.227. The third kappa shape index (κ3) is 7.62. The van der Waals surface area contributed by atoms with Crippen LogP contribution in [0.25, 0.3) is 10.9 Å². The summed E-state index contributed by atoms with van der Waals surface area (Å²) < 4.78 is 12.8. The maximum Gasteiger partial charge on any atom is 0.364 e. The highest BCUT2D eigenvalue weighted by molar-refractivity contribution is 5.94. The number of rotatable bonds is 14. The van der Waals surface area contributed by atoms with E-state index in [1.165, 1.54) is 16.8 Å². The molecule has 1 fully saturated rings. The molecule has 3 heterocycles. The number of aliphatic hydroxyl groups is 3. The number of hydrogen-bond donors (Lipinski definition) is 7. The van der Waals surface area contributed by atoms with Crippen molar-refractivity contribution in [3.05, 3.63) is 87.9 Å². The minimum atomic E-state index is -2.45. The minimum absolute atomic E-state index is 0.000750. The maximum atomic E-state index is 12.4. The van der Waals surface area contributed by atoms with Crippen LogP contribution in [0, 0.1) is 10.1 Å². The van der Waals surface area contributed by atoms with Gasteiger partial charge in [-0.25, -0.2) is 4.79 Å². The molecule has 5 rings (SSSR count). The first kappa shape index (κ1) is 33.6. The van der Waals surface area contributed by atoms with E-state index < -0.39 is 72.6 Å². The van der Waals surface area contributed by atoms with Crippen LogP contribution in [0.2, 0.25) is 0 Å². The summed E-state index contributed by atoms with van der Waals surface area (Å²) in [6.07, 6.45) is -2.54. The van der Waals surface area contributed by atoms with E-state index in [1.54, 1.807) is 48.8 Å². The Morgan fingerprint density at radius 1 is 1.26 bits per heavy atom. The molecular formula is C30H35N7O10. The van der Waals surface area contributed by atoms with Crippen LogP contribution in [0.4, 0.5) is 5.69 Å². The Balaban J connectivity index is 1.17. The van der Waals surface area contributed by atoms with Crippen molar-refractivity contribution in [1.29, 1.82) is 0 Å². The highest BCUT2D eigenvalue weighted by Crippen LogP contribution is 2.33. The molecule has 1 saturated heterocycles. The van der Waals surface area contributed by atoms with Crippen LogP contribution < -0.4 is 11.1 Å². The molecule has 0 saturated carbocycles. The van der Waals surface area contributed by atoms with Gasteiger partial charge in [-0.15, -0.1) is 5.10 Å². The van der Waals surface area contributed by atoms with Gasteiger partial charge in [0.2, 0.25) is 0 Å². The van der Waals surface area contributed by atoms with E-state index in [0.717, 1.165) is 16.5 Å². The summed E-state index contributed by atoms with van der Waals surface area (Å²) in [5.41, 5.74) is 8.30. The number of H-pyrrole nitrogens is 1. The fourth-order valence-electron chi connectivity index (χ4n) is 5.42. The van der Waals surface area contributed by atoms with Gasteiger partial charge in [0.05, 0.1) is 36.0 Å². The number of non-ortho nitro benzene ring substituents is 1. The van der Waals surface area contributed by atoms with Crippen LogP contribution in [0.1, 0.15) is 34.5 Å². The van der Waals surface area contributed by atoms with E-state index in [2.05, 4.69) is 20.6 Å². The van der Waals surface area contributed by atoms with Crippen molar-refractivity contribution in [1.82, 2.24) is 25.3 Å². The predicted molar refractivity (Wildman–Crippen MR) is 163 cm³/mol. The molecule has 0 spiro atoms. The molecule has 8 N–H and O–H groups in total. The zero-order valence-electron chi connectivity index (χ0n) is 25.0. The SMILES string of the molecule is NC1C(O)CC(OCc2cn(CCCc3c[nH]c4ccc([N+](=O)[O-])cc34)nn2)(C(=O)O)OC1C(O)C(O)CNC(=O)c1ccccc1. The Kier molecular flexibility index (Phi) is 10.2. The Labute approximate surface area is 267 Å². The van der Waals surface area contributed by atoms with Crippen LogP contribution in [0.5, 0.6) is 0 Å². The molecule has 2 aromatic carbocycles. The van der Waals surface area contributed by atoms with Gasteiger partial charge in [0.15, 0.2) is 0 Å². The van der Waals surface area contributed by atoms with E-state index >= 15 is 0 Å². The molecule has 1 amide bonds. The third-order valence-electron chi connectivity index (χ3n) is 8.03. The smallest absolute Gasteiger partial charge is 0.364 e. The van der Waals surface area contributed by atoms with Crippen molar-refractivity contribution in [2.45, 2.75) is 68.7 Å². The second-order valence-electron chi connectivity index (χ2n) is 11.3. The number of nitro groups is 1. The summed E-state index contributed by atoms with van der Waals surface area (Å²) in [6, 6.07) is 11.5. The summed E-state index contributed by atoms with van der Waals surface area (Å²) in [5.74, 6) is -4.56. The number of amides is 1. The number of carboxylic acid groups (broad SMARTS) is 1. The lowest BCUT2D eigenvalue weighted by Crippen LogP contribution is -2.66. The molecule has 250 valence electrons. The number of aromatic amines is 1. The van der Waals surface area contributed by atoms with Gasteiger partial charge < -0.3 is 45.9 Å². The highest BCUT2D eigenvalue weighted by Gasteiger charge is 2.54. The Hall–Kier alpha value is -4.78. The Bertz CT molecular complexity index is 1710. The van der Waals surface area contributed by atoms with E-state index in [4.69, 9.17) is 15.2 Å². The van der Waals surface area contributed by atoms with E-state index in [-0.39, 0.29) is 11.4 Å². The average Bonchev–Trinajstić information content (AvgIpc) is 3.70. The first-order valence-electron chi connectivity index (χ1n) is 14.8. The van der Waals surface area contributed by atoms with E-state index in [9.17, 15) is 40.1 Å². The quantitative estimate of drug-likeness (QED) is 0.0711. The van der Waals surface area contributed by atoms with Crippen molar-refractivity contribution < 1.29 is 44.4 Å². The van der Waals surface area contributed by atoms with Crippen LogP contribution in [-0.2, 0) is 33.8 Å². The van der Waals surface area contributed by atoms with E-state index in [0.29, 0.717) is 24.9 Å². The summed E-state index contributed by atoms with van der Waals surface area (Å²) in [4.78, 5) is 38.5. The molecule has 0 aliphatic carbocycles. The first-order chi connectivity index (χ1) is 22.5. The number of nitrogens with one attached hydrogen (secondary N) is 2. The number of carbonyl (C=O) groups is 2. The number of aliphatic carboxylic acids is 1. The summed E-state index contributed by atoms with van der Waals surface area (Å²) in [6.45, 7) is -0.379. The normalized spacial score (nSPS) is 22.5. The topological polar surface area (TPSA) is 261 Å². The second-order valence-corrected chi connectivity index (χ2v) is 11.3. The number of nitro benzene ring substituents is 1. The van der Waals surface area contributed by atoms with Gasteiger partial charge in [0, 0.05) is 54.3 Å². The fourth-order valence-corrected chi connectivity index (χ4v) is 5.42. The molecule has 0 bridgehead atoms. The fraction of sp³-hybridized carbons (Fsp3) is 0.400. The maximum absolute atomic E-state index is 12.4. The number of aliphatic hydroxyl groups excluding tert-OH is 3. The summed E-state index contributed by atoms with van der Waals surface area (Å²) in [7, 11) is 0. The van der Waals surface area contributed by atoms with Gasteiger partial charge in [-0.05, 0) is 36.6 Å². The number of nitrogens with two attached hydrogens (primary N) is 1. The summed E-state index contributed by atoms with van der Waals surface area (Å²) in [5, 5.41) is 64.6. The number of ether oxygens (including phenoxy) is 2. The number of nitrogens with zero attached hydrogens (tertiary/aromatic N) is 4. The van der Waals surface area contributed by atoms with E-state index in [1.807, 2.05) is 0 Å². The lowest BCUT2D eigenvalue weighted by Gasteiger charge is -2.45.